The van der Waals surface area contributed by atoms with Crippen LogP contribution in [-0.4, -0.2) is 123 Å². The number of aromatic nitrogens is 4. The summed E-state index contributed by atoms with van der Waals surface area (Å²) in [5, 5.41) is 46.1. The van der Waals surface area contributed by atoms with Crippen LogP contribution in [-0.2, 0) is 70.5 Å². The molecule has 1 spiro atoms. The molecule has 23 heteroatoms. The first-order valence-electron chi connectivity index (χ1n) is 21.5. The Labute approximate surface area is 371 Å². The van der Waals surface area contributed by atoms with Crippen molar-refractivity contribution in [1.29, 1.82) is 0 Å². The summed E-state index contributed by atoms with van der Waals surface area (Å²) in [6, 6.07) is 1.06. The fourth-order valence-corrected chi connectivity index (χ4v) is 9.24. The number of carboxylic acid groups (broad SMARTS) is 1. The average molecular weight is 920 g/mol. The summed E-state index contributed by atoms with van der Waals surface area (Å²) in [5.74, 6) is -2.31. The third-order valence-electron chi connectivity index (χ3n) is 12.5. The number of ether oxygens (including phenoxy) is 4. The highest BCUT2D eigenvalue weighted by atomic mass is 28.3. The number of carbonyl (C=O) groups is 6. The summed E-state index contributed by atoms with van der Waals surface area (Å²) in [5.41, 5.74) is 0.638. The molecule has 3 heterocycles. The Kier molecular flexibility index (Phi) is 17.4. The second-order valence-electron chi connectivity index (χ2n) is 18.0. The van der Waals surface area contributed by atoms with Crippen molar-refractivity contribution in [3.8, 4) is 0 Å². The number of nitrogens with one attached hydrogen (secondary N) is 2. The maximum absolute atomic E-state index is 11.8. The molecule has 0 radical (unpaired) electrons. The summed E-state index contributed by atoms with van der Waals surface area (Å²) < 4.78 is 21.4. The third-order valence-corrected chi connectivity index (χ3v) is 14.2. The molecule has 3 aliphatic carbocycles. The molecular weight excluding hydrogens is 859 g/mol. The van der Waals surface area contributed by atoms with E-state index >= 15 is 0 Å². The van der Waals surface area contributed by atoms with E-state index in [9.17, 15) is 54.1 Å². The zero-order chi connectivity index (χ0) is 47.5. The first kappa shape index (κ1) is 51.1. The van der Waals surface area contributed by atoms with E-state index < -0.39 is 43.0 Å². The lowest BCUT2D eigenvalue weighted by molar-refractivity contribution is -0.574. The van der Waals surface area contributed by atoms with Crippen LogP contribution in [0.3, 0.4) is 0 Å². The minimum absolute atomic E-state index is 0.0221. The minimum atomic E-state index is -1.25. The molecule has 4 aliphatic rings. The van der Waals surface area contributed by atoms with Crippen molar-refractivity contribution >= 4 is 43.6 Å². The van der Waals surface area contributed by atoms with Gasteiger partial charge in [0.05, 0.1) is 40.1 Å². The van der Waals surface area contributed by atoms with Gasteiger partial charge in [-0.05, 0) is 38.7 Å². The predicted octanol–water partition coefficient (Wildman–Crippen LogP) is 4.17. The van der Waals surface area contributed by atoms with Crippen LogP contribution in [0.5, 0.6) is 0 Å². The second kappa shape index (κ2) is 21.9. The van der Waals surface area contributed by atoms with Crippen LogP contribution in [0.15, 0.2) is 0 Å². The molecule has 1 saturated carbocycles. The van der Waals surface area contributed by atoms with E-state index in [0.717, 1.165) is 30.1 Å². The van der Waals surface area contributed by atoms with Crippen molar-refractivity contribution in [3.05, 3.63) is 54.1 Å². The van der Waals surface area contributed by atoms with Gasteiger partial charge in [0.2, 0.25) is 17.0 Å². The number of aromatic carboxylic acids is 1. The van der Waals surface area contributed by atoms with Crippen LogP contribution >= 0.6 is 0 Å². The van der Waals surface area contributed by atoms with E-state index in [-0.39, 0.29) is 116 Å². The molecule has 2 unspecified atom stereocenters. The predicted molar refractivity (Wildman–Crippen MR) is 227 cm³/mol. The smallest absolute Gasteiger partial charge is 0.359 e. The number of hydrogen-bond acceptors (Lipinski definition) is 16. The maximum atomic E-state index is 11.8. The van der Waals surface area contributed by atoms with E-state index in [2.05, 4.69) is 49.7 Å². The lowest BCUT2D eigenvalue weighted by atomic mass is 9.78. The molecule has 1 saturated heterocycles. The summed E-state index contributed by atoms with van der Waals surface area (Å²) in [4.78, 5) is 90.3. The molecule has 2 aromatic heterocycles. The number of esters is 3. The highest BCUT2D eigenvalue weighted by molar-refractivity contribution is 6.76. The number of nitrogens with zero attached hydrogens (tertiary/aromatic N) is 5. The van der Waals surface area contributed by atoms with Gasteiger partial charge in [-0.25, -0.2) is 14.3 Å². The number of aromatic amines is 1. The molecule has 6 rings (SSSR count). The van der Waals surface area contributed by atoms with Gasteiger partial charge in [-0.15, -0.1) is 0 Å². The normalized spacial score (nSPS) is 20.8. The number of carboxylic acids is 1. The van der Waals surface area contributed by atoms with Crippen molar-refractivity contribution in [1.82, 2.24) is 25.3 Å². The summed E-state index contributed by atoms with van der Waals surface area (Å²) in [6.45, 7) is 9.74. The number of Topliss-reactive ketones (excluding diaryl/α,β-unsaturated/α-hetero) is 1. The van der Waals surface area contributed by atoms with Crippen LogP contribution in [0, 0.1) is 20.2 Å². The van der Waals surface area contributed by atoms with Crippen LogP contribution in [0.25, 0.3) is 0 Å². The Morgan fingerprint density at radius 3 is 1.94 bits per heavy atom. The Balaban J connectivity index is 0.000000216. The van der Waals surface area contributed by atoms with Gasteiger partial charge < -0.3 is 29.4 Å². The van der Waals surface area contributed by atoms with Crippen molar-refractivity contribution < 1.29 is 62.7 Å². The van der Waals surface area contributed by atoms with Gasteiger partial charge in [-0.1, -0.05) is 19.6 Å². The number of H-pyrrole nitrogens is 1. The molecule has 1 aliphatic heterocycles. The van der Waals surface area contributed by atoms with Crippen LogP contribution in [0.1, 0.15) is 127 Å². The fourth-order valence-electron chi connectivity index (χ4n) is 8.48. The van der Waals surface area contributed by atoms with Gasteiger partial charge in [-0.2, -0.15) is 10.2 Å². The van der Waals surface area contributed by atoms with E-state index in [1.807, 2.05) is 0 Å². The molecule has 1 amide bonds. The van der Waals surface area contributed by atoms with E-state index in [0.29, 0.717) is 43.5 Å². The molecule has 0 aromatic carbocycles. The van der Waals surface area contributed by atoms with E-state index in [4.69, 9.17) is 9.47 Å². The van der Waals surface area contributed by atoms with Gasteiger partial charge in [0, 0.05) is 110 Å². The number of carbonyl (C=O) groups excluding carboxylic acids is 5. The molecule has 2 fully saturated rings. The first-order chi connectivity index (χ1) is 30.1. The van der Waals surface area contributed by atoms with E-state index in [1.165, 1.54) is 14.2 Å². The van der Waals surface area contributed by atoms with Gasteiger partial charge in [0.15, 0.2) is 11.4 Å². The Bertz CT molecular complexity index is 2070. The molecule has 354 valence electrons. The summed E-state index contributed by atoms with van der Waals surface area (Å²) in [7, 11) is 1.34. The summed E-state index contributed by atoms with van der Waals surface area (Å²) >= 11 is 0. The number of ketones is 1. The Morgan fingerprint density at radius 1 is 0.828 bits per heavy atom. The van der Waals surface area contributed by atoms with Crippen LogP contribution in [0.4, 0.5) is 0 Å². The van der Waals surface area contributed by atoms with E-state index in [1.54, 1.807) is 11.6 Å². The minimum Gasteiger partial charge on any atom is -0.476 e. The van der Waals surface area contributed by atoms with Crippen molar-refractivity contribution in [2.24, 2.45) is 0 Å². The quantitative estimate of drug-likeness (QED) is 0.0531. The standard InChI is InChI=1S/C17H27N3O4Si.C14H19N3O6.C10H15NO5/c1-25(2,3)9-8-24-11-20-13-10-17(7-5-14(21)18-17)6-4-12(13)15(19-20)16(22)23;1-3-23-13(19)12-9-4-6-14(17(20)21,7-5-11(18)22-2)8-10(9)15-16-12;1-16-9(13)4-7-10(11(14)15)5-2-8(12)3-6-10/h4-11H2,1-3H3,(H,18,21)(H,22,23);3-8H2,1-2H3,(H,15,16);2-7H2,1H3. The largest absolute Gasteiger partial charge is 0.476 e. The molecule has 0 bridgehead atoms. The number of methoxy groups -OCH3 is 2. The second-order valence-corrected chi connectivity index (χ2v) is 23.6. The number of rotatable bonds is 16. The van der Waals surface area contributed by atoms with Crippen molar-refractivity contribution in [2.75, 3.05) is 27.4 Å². The fraction of sp³-hybridized carbons (Fsp3) is 0.707. The molecule has 2 aromatic rings. The SMILES string of the molecule is CCOC(=O)c1n[nH]c2c1CCC(CCC(=O)OC)([N+](=O)[O-])C2.COC(=O)CCC1([N+](=O)[O-])CCC(=O)CC1.C[Si](C)(C)CCOCn1nc(C(=O)O)c2c1CC1(CCC(=O)N1)CC2. The zero-order valence-corrected chi connectivity index (χ0v) is 38.5. The van der Waals surface area contributed by atoms with Crippen LogP contribution in [0.2, 0.25) is 25.7 Å². The number of fused-ring (bicyclic) bond motifs is 2. The lowest BCUT2D eigenvalue weighted by Crippen LogP contribution is -2.46. The average Bonchev–Trinajstić information content (AvgIpc) is 3.95. The Morgan fingerprint density at radius 2 is 1.41 bits per heavy atom. The number of nitro groups is 2. The molecule has 3 N–H and O–H groups in total. The Hall–Kier alpha value is -5.58. The first-order valence-corrected chi connectivity index (χ1v) is 25.2. The van der Waals surface area contributed by atoms with Gasteiger partial charge in [-0.3, -0.25) is 44.5 Å². The monoisotopic (exact) mass is 919 g/mol. The van der Waals surface area contributed by atoms with Gasteiger partial charge in [0.1, 0.15) is 12.5 Å². The topological polar surface area (TPSA) is 304 Å². The zero-order valence-electron chi connectivity index (χ0n) is 37.5. The number of hydrogen-bond donors (Lipinski definition) is 3. The van der Waals surface area contributed by atoms with Gasteiger partial charge >= 0.3 is 23.9 Å². The third kappa shape index (κ3) is 13.0. The van der Waals surface area contributed by atoms with Crippen LogP contribution < -0.4 is 5.32 Å². The number of amides is 1. The maximum Gasteiger partial charge on any atom is 0.359 e. The highest BCUT2D eigenvalue weighted by Crippen LogP contribution is 2.38. The summed E-state index contributed by atoms with van der Waals surface area (Å²) in [6.07, 6.45) is 5.23. The molecule has 22 nitrogen and oxygen atoms in total. The van der Waals surface area contributed by atoms with Gasteiger partial charge in [0.25, 0.3) is 0 Å². The molecular formula is C41H61N7O15Si. The lowest BCUT2D eigenvalue weighted by Gasteiger charge is -2.33. The molecule has 64 heavy (non-hydrogen) atoms. The van der Waals surface area contributed by atoms with Crippen molar-refractivity contribution in [3.63, 3.8) is 0 Å². The highest BCUT2D eigenvalue weighted by Gasteiger charge is 2.48. The van der Waals surface area contributed by atoms with Crippen molar-refractivity contribution in [2.45, 2.75) is 159 Å². The molecule has 2 atom stereocenters.